The van der Waals surface area contributed by atoms with E-state index in [2.05, 4.69) is 31.0 Å². The number of nitrogens with zero attached hydrogens (tertiary/aromatic N) is 2. The topological polar surface area (TPSA) is 43.8 Å². The Balaban J connectivity index is 2.58. The number of rotatable bonds is 2. The second-order valence-electron chi connectivity index (χ2n) is 3.87. The normalized spacial score (nSPS) is 10.9. The quantitative estimate of drug-likeness (QED) is 0.811. The molecule has 2 aromatic rings. The first-order chi connectivity index (χ1) is 7.20. The van der Waals surface area contributed by atoms with E-state index in [1.165, 1.54) is 5.56 Å². The van der Waals surface area contributed by atoms with Gasteiger partial charge in [0.1, 0.15) is 0 Å². The van der Waals surface area contributed by atoms with Crippen LogP contribution >= 0.6 is 0 Å². The zero-order chi connectivity index (χ0) is 10.8. The van der Waals surface area contributed by atoms with E-state index in [9.17, 15) is 0 Å². The Hall–Kier alpha value is -1.77. The average Bonchev–Trinajstić information content (AvgIpc) is 2.64. The molecule has 1 heterocycles. The van der Waals surface area contributed by atoms with E-state index in [4.69, 9.17) is 5.73 Å². The number of hydrogen-bond acceptors (Lipinski definition) is 2. The highest BCUT2D eigenvalue weighted by Gasteiger charge is 2.08. The third kappa shape index (κ3) is 1.73. The highest BCUT2D eigenvalue weighted by molar-refractivity contribution is 5.47. The van der Waals surface area contributed by atoms with Gasteiger partial charge in [-0.25, -0.2) is 4.98 Å². The lowest BCUT2D eigenvalue weighted by atomic mass is 10.0. The van der Waals surface area contributed by atoms with Gasteiger partial charge in [0, 0.05) is 12.4 Å². The third-order valence-electron chi connectivity index (χ3n) is 2.49. The van der Waals surface area contributed by atoms with Crippen LogP contribution in [0.25, 0.3) is 5.69 Å². The second kappa shape index (κ2) is 3.77. The first-order valence-electron chi connectivity index (χ1n) is 5.08. The molecule has 0 aliphatic rings. The molecule has 0 radical (unpaired) electrons. The van der Waals surface area contributed by atoms with Crippen molar-refractivity contribution >= 4 is 5.95 Å². The zero-order valence-electron chi connectivity index (χ0n) is 9.01. The van der Waals surface area contributed by atoms with E-state index in [-0.39, 0.29) is 0 Å². The Morgan fingerprint density at radius 2 is 2.00 bits per heavy atom. The van der Waals surface area contributed by atoms with Gasteiger partial charge < -0.3 is 5.73 Å². The van der Waals surface area contributed by atoms with Crippen LogP contribution in [0.15, 0.2) is 36.7 Å². The number of anilines is 1. The average molecular weight is 201 g/mol. The maximum Gasteiger partial charge on any atom is 0.204 e. The molecule has 0 spiro atoms. The summed E-state index contributed by atoms with van der Waals surface area (Å²) < 4.78 is 1.91. The summed E-state index contributed by atoms with van der Waals surface area (Å²) in [4.78, 5) is 4.03. The van der Waals surface area contributed by atoms with Crippen molar-refractivity contribution in [1.29, 1.82) is 0 Å². The molecule has 0 saturated heterocycles. The maximum atomic E-state index is 5.79. The number of imidazole rings is 1. The fourth-order valence-corrected chi connectivity index (χ4v) is 1.71. The Morgan fingerprint density at radius 3 is 2.60 bits per heavy atom. The van der Waals surface area contributed by atoms with Crippen molar-refractivity contribution in [2.24, 2.45) is 0 Å². The lowest BCUT2D eigenvalue weighted by Crippen LogP contribution is -2.03. The zero-order valence-corrected chi connectivity index (χ0v) is 9.01. The molecule has 0 fully saturated rings. The van der Waals surface area contributed by atoms with E-state index in [0.717, 1.165) is 5.69 Å². The van der Waals surface area contributed by atoms with Crippen LogP contribution in [0.4, 0.5) is 5.95 Å². The summed E-state index contributed by atoms with van der Waals surface area (Å²) in [6.45, 7) is 4.35. The van der Waals surface area contributed by atoms with Crippen molar-refractivity contribution in [3.05, 3.63) is 42.2 Å². The lowest BCUT2D eigenvalue weighted by molar-refractivity contribution is 0.848. The Labute approximate surface area is 89.6 Å². The maximum absolute atomic E-state index is 5.79. The number of nitrogens with two attached hydrogens (primary N) is 1. The fraction of sp³-hybridized carbons (Fsp3) is 0.250. The summed E-state index contributed by atoms with van der Waals surface area (Å²) in [5, 5.41) is 0. The van der Waals surface area contributed by atoms with Crippen LogP contribution in [-0.2, 0) is 0 Å². The predicted octanol–water partition coefficient (Wildman–Crippen LogP) is 2.58. The molecule has 0 amide bonds. The van der Waals surface area contributed by atoms with E-state index in [1.54, 1.807) is 6.20 Å². The predicted molar refractivity (Wildman–Crippen MR) is 62.1 cm³/mol. The fourth-order valence-electron chi connectivity index (χ4n) is 1.71. The van der Waals surface area contributed by atoms with E-state index < -0.39 is 0 Å². The van der Waals surface area contributed by atoms with Crippen LogP contribution in [0, 0.1) is 0 Å². The van der Waals surface area contributed by atoms with Gasteiger partial charge in [0.15, 0.2) is 0 Å². The summed E-state index contributed by atoms with van der Waals surface area (Å²) >= 11 is 0. The highest BCUT2D eigenvalue weighted by atomic mass is 15.1. The standard InChI is InChI=1S/C12H15N3/c1-9(2)10-5-3-4-6-11(10)15-8-7-14-12(15)13/h3-9H,1-2H3,(H2,13,14). The van der Waals surface area contributed by atoms with Crippen molar-refractivity contribution in [3.63, 3.8) is 0 Å². The Morgan fingerprint density at radius 1 is 1.27 bits per heavy atom. The Bertz CT molecular complexity index is 457. The number of nitrogen functional groups attached to an aromatic ring is 1. The van der Waals surface area contributed by atoms with Crippen LogP contribution in [0.1, 0.15) is 25.3 Å². The lowest BCUT2D eigenvalue weighted by Gasteiger charge is -2.13. The minimum atomic E-state index is 0.475. The molecule has 0 saturated carbocycles. The van der Waals surface area contributed by atoms with Crippen LogP contribution in [-0.4, -0.2) is 9.55 Å². The third-order valence-corrected chi connectivity index (χ3v) is 2.49. The number of aromatic nitrogens is 2. The molecule has 3 heteroatoms. The first-order valence-corrected chi connectivity index (χ1v) is 5.08. The van der Waals surface area contributed by atoms with Gasteiger partial charge in [-0.1, -0.05) is 32.0 Å². The molecule has 0 atom stereocenters. The van der Waals surface area contributed by atoms with Crippen LogP contribution in [0.3, 0.4) is 0 Å². The molecule has 3 nitrogen and oxygen atoms in total. The smallest absolute Gasteiger partial charge is 0.204 e. The minimum Gasteiger partial charge on any atom is -0.369 e. The van der Waals surface area contributed by atoms with Gasteiger partial charge >= 0.3 is 0 Å². The van der Waals surface area contributed by atoms with Gasteiger partial charge in [-0.15, -0.1) is 0 Å². The number of benzene rings is 1. The Kier molecular flexibility index (Phi) is 2.46. The summed E-state index contributed by atoms with van der Waals surface area (Å²) in [6, 6.07) is 8.25. The van der Waals surface area contributed by atoms with Gasteiger partial charge in [-0.05, 0) is 17.5 Å². The molecule has 78 valence electrons. The molecule has 15 heavy (non-hydrogen) atoms. The molecule has 0 unspecified atom stereocenters. The summed E-state index contributed by atoms with van der Waals surface area (Å²) in [5.41, 5.74) is 8.19. The van der Waals surface area contributed by atoms with Gasteiger partial charge in [0.05, 0.1) is 5.69 Å². The molecule has 0 bridgehead atoms. The molecule has 0 aliphatic carbocycles. The highest BCUT2D eigenvalue weighted by Crippen LogP contribution is 2.23. The van der Waals surface area contributed by atoms with Crippen LogP contribution < -0.4 is 5.73 Å². The van der Waals surface area contributed by atoms with Crippen molar-refractivity contribution in [3.8, 4) is 5.69 Å². The second-order valence-corrected chi connectivity index (χ2v) is 3.87. The summed E-state index contributed by atoms with van der Waals surface area (Å²) in [7, 11) is 0. The van der Waals surface area contributed by atoms with Crippen molar-refractivity contribution < 1.29 is 0 Å². The summed E-state index contributed by atoms with van der Waals surface area (Å²) in [5.74, 6) is 1.01. The first kappa shape index (κ1) is 9.77. The minimum absolute atomic E-state index is 0.475. The van der Waals surface area contributed by atoms with Crippen LogP contribution in [0.2, 0.25) is 0 Å². The van der Waals surface area contributed by atoms with Crippen molar-refractivity contribution in [2.75, 3.05) is 5.73 Å². The molecule has 1 aromatic carbocycles. The SMILES string of the molecule is CC(C)c1ccccc1-n1ccnc1N. The monoisotopic (exact) mass is 201 g/mol. The molecular weight excluding hydrogens is 186 g/mol. The van der Waals surface area contributed by atoms with Crippen molar-refractivity contribution in [1.82, 2.24) is 9.55 Å². The molecular formula is C12H15N3. The number of para-hydroxylation sites is 1. The van der Waals surface area contributed by atoms with E-state index in [1.807, 2.05) is 22.9 Å². The van der Waals surface area contributed by atoms with Crippen molar-refractivity contribution in [2.45, 2.75) is 19.8 Å². The largest absolute Gasteiger partial charge is 0.369 e. The van der Waals surface area contributed by atoms with Crippen LogP contribution in [0.5, 0.6) is 0 Å². The van der Waals surface area contributed by atoms with E-state index >= 15 is 0 Å². The van der Waals surface area contributed by atoms with Gasteiger partial charge in [-0.3, -0.25) is 4.57 Å². The molecule has 2 rings (SSSR count). The summed E-state index contributed by atoms with van der Waals surface area (Å²) in [6.07, 6.45) is 3.60. The molecule has 0 aliphatic heterocycles. The number of hydrogen-bond donors (Lipinski definition) is 1. The van der Waals surface area contributed by atoms with Gasteiger partial charge in [0.25, 0.3) is 0 Å². The van der Waals surface area contributed by atoms with Gasteiger partial charge in [-0.2, -0.15) is 0 Å². The molecule has 2 N–H and O–H groups in total. The molecule has 1 aromatic heterocycles. The van der Waals surface area contributed by atoms with Gasteiger partial charge in [0.2, 0.25) is 5.95 Å². The van der Waals surface area contributed by atoms with E-state index in [0.29, 0.717) is 11.9 Å².